The van der Waals surface area contributed by atoms with E-state index in [0.717, 1.165) is 0 Å². The molecule has 0 saturated heterocycles. The van der Waals surface area contributed by atoms with Crippen molar-refractivity contribution in [1.29, 1.82) is 0 Å². The zero-order chi connectivity index (χ0) is 18.2. The molecule has 0 aliphatic carbocycles. The maximum Gasteiger partial charge on any atom is 0.270 e. The highest BCUT2D eigenvalue weighted by molar-refractivity contribution is 5.99. The van der Waals surface area contributed by atoms with Crippen LogP contribution >= 0.6 is 0 Å². The number of nitrogens with one attached hydrogen (secondary N) is 2. The van der Waals surface area contributed by atoms with Gasteiger partial charge < -0.3 is 9.47 Å². The van der Waals surface area contributed by atoms with Gasteiger partial charge in [0.2, 0.25) is 11.8 Å². The number of hydrogen-bond acceptors (Lipinski definition) is 6. The topological polar surface area (TPSA) is 102 Å². The Balaban J connectivity index is 2.08. The van der Waals surface area contributed by atoms with Gasteiger partial charge in [0.1, 0.15) is 0 Å². The highest BCUT2D eigenvalue weighted by Crippen LogP contribution is 2.18. The summed E-state index contributed by atoms with van der Waals surface area (Å²) in [6.07, 6.45) is 1.53. The van der Waals surface area contributed by atoms with Crippen molar-refractivity contribution in [3.05, 3.63) is 47.3 Å². The van der Waals surface area contributed by atoms with E-state index in [1.807, 2.05) is 13.8 Å². The van der Waals surface area contributed by atoms with Gasteiger partial charge >= 0.3 is 0 Å². The third kappa shape index (κ3) is 5.17. The molecule has 2 amide bonds. The van der Waals surface area contributed by atoms with Gasteiger partial charge in [0.25, 0.3) is 11.8 Å². The molecule has 0 aliphatic rings. The van der Waals surface area contributed by atoms with Gasteiger partial charge in [-0.25, -0.2) is 0 Å². The summed E-state index contributed by atoms with van der Waals surface area (Å²) < 4.78 is 10.7. The largest absolute Gasteiger partial charge is 0.478 e. The van der Waals surface area contributed by atoms with Crippen molar-refractivity contribution >= 4 is 11.8 Å². The van der Waals surface area contributed by atoms with E-state index in [0.29, 0.717) is 24.5 Å². The van der Waals surface area contributed by atoms with E-state index in [2.05, 4.69) is 20.8 Å². The van der Waals surface area contributed by atoms with Crippen LogP contribution < -0.4 is 20.3 Å². The predicted octanol–water partition coefficient (Wildman–Crippen LogP) is 1.66. The monoisotopic (exact) mass is 344 g/mol. The zero-order valence-corrected chi connectivity index (χ0v) is 14.3. The summed E-state index contributed by atoms with van der Waals surface area (Å²) in [6, 6.07) is 6.13. The summed E-state index contributed by atoms with van der Waals surface area (Å²) in [6.45, 7) is 6.21. The van der Waals surface area contributed by atoms with Gasteiger partial charge in [0, 0.05) is 29.6 Å². The van der Waals surface area contributed by atoms with E-state index >= 15 is 0 Å². The minimum absolute atomic E-state index is 0.258. The Morgan fingerprint density at radius 1 is 0.960 bits per heavy atom. The Labute approximate surface area is 145 Å². The highest BCUT2D eigenvalue weighted by atomic mass is 16.5. The standard InChI is InChI=1S/C17H20N4O4/c1-4-24-14-9-13(10-15(19-14)25-5-2)17(23)21-20-16(22)12-6-7-18-11(3)8-12/h6-10H,4-5H2,1-3H3,(H,20,22)(H,21,23). The van der Waals surface area contributed by atoms with Gasteiger partial charge in [-0.2, -0.15) is 4.98 Å². The molecule has 0 atom stereocenters. The molecule has 0 bridgehead atoms. The van der Waals surface area contributed by atoms with Crippen molar-refractivity contribution in [2.24, 2.45) is 0 Å². The molecule has 0 radical (unpaired) electrons. The second-order valence-electron chi connectivity index (χ2n) is 4.99. The van der Waals surface area contributed by atoms with E-state index < -0.39 is 11.8 Å². The number of carbonyl (C=O) groups is 2. The van der Waals surface area contributed by atoms with E-state index in [1.165, 1.54) is 18.3 Å². The minimum atomic E-state index is -0.511. The molecule has 2 aromatic rings. The third-order valence-electron chi connectivity index (χ3n) is 3.07. The lowest BCUT2D eigenvalue weighted by Gasteiger charge is -2.11. The van der Waals surface area contributed by atoms with Gasteiger partial charge in [0.15, 0.2) is 0 Å². The van der Waals surface area contributed by atoms with Crippen LogP contribution in [0.3, 0.4) is 0 Å². The molecule has 8 nitrogen and oxygen atoms in total. The number of pyridine rings is 2. The molecule has 2 N–H and O–H groups in total. The normalized spacial score (nSPS) is 10.0. The first kappa shape index (κ1) is 18.2. The van der Waals surface area contributed by atoms with Crippen LogP contribution in [0.1, 0.15) is 40.3 Å². The van der Waals surface area contributed by atoms with Crippen molar-refractivity contribution in [2.45, 2.75) is 20.8 Å². The lowest BCUT2D eigenvalue weighted by Crippen LogP contribution is -2.41. The van der Waals surface area contributed by atoms with Crippen molar-refractivity contribution in [2.75, 3.05) is 13.2 Å². The van der Waals surface area contributed by atoms with E-state index in [4.69, 9.17) is 9.47 Å². The Morgan fingerprint density at radius 3 is 2.04 bits per heavy atom. The number of hydrazine groups is 1. The molecule has 0 aliphatic heterocycles. The Kier molecular flexibility index (Phi) is 6.27. The summed E-state index contributed by atoms with van der Waals surface area (Å²) in [5.41, 5.74) is 6.07. The number of amides is 2. The number of carbonyl (C=O) groups excluding carboxylic acids is 2. The van der Waals surface area contributed by atoms with Crippen molar-refractivity contribution in [3.63, 3.8) is 0 Å². The molecule has 0 unspecified atom stereocenters. The Morgan fingerprint density at radius 2 is 1.52 bits per heavy atom. The fourth-order valence-electron chi connectivity index (χ4n) is 2.00. The van der Waals surface area contributed by atoms with E-state index in [-0.39, 0.29) is 17.3 Å². The molecule has 0 aromatic carbocycles. The fraction of sp³-hybridized carbons (Fsp3) is 0.294. The lowest BCUT2D eigenvalue weighted by atomic mass is 10.2. The number of ether oxygens (including phenoxy) is 2. The predicted molar refractivity (Wildman–Crippen MR) is 90.5 cm³/mol. The second-order valence-corrected chi connectivity index (χ2v) is 4.99. The maximum atomic E-state index is 12.3. The van der Waals surface area contributed by atoms with Crippen LogP contribution in [-0.4, -0.2) is 35.0 Å². The van der Waals surface area contributed by atoms with Crippen LogP contribution in [0.5, 0.6) is 11.8 Å². The van der Waals surface area contributed by atoms with Crippen LogP contribution in [-0.2, 0) is 0 Å². The Hall–Kier alpha value is -3.16. The molecule has 8 heteroatoms. The second kappa shape index (κ2) is 8.62. The zero-order valence-electron chi connectivity index (χ0n) is 14.3. The van der Waals surface area contributed by atoms with Crippen LogP contribution in [0.2, 0.25) is 0 Å². The molecule has 132 valence electrons. The summed E-state index contributed by atoms with van der Waals surface area (Å²) in [5.74, 6) is -0.407. The van der Waals surface area contributed by atoms with Crippen LogP contribution in [0.4, 0.5) is 0 Å². The number of aryl methyl sites for hydroxylation is 1. The molecule has 0 fully saturated rings. The first-order valence-corrected chi connectivity index (χ1v) is 7.84. The van der Waals surface area contributed by atoms with Gasteiger partial charge in [-0.1, -0.05) is 0 Å². The van der Waals surface area contributed by atoms with Crippen LogP contribution in [0.15, 0.2) is 30.5 Å². The molecule has 25 heavy (non-hydrogen) atoms. The average molecular weight is 344 g/mol. The molecule has 2 rings (SSSR count). The summed E-state index contributed by atoms with van der Waals surface area (Å²) in [7, 11) is 0. The molecule has 0 spiro atoms. The Bertz CT molecular complexity index is 740. The number of aromatic nitrogens is 2. The third-order valence-corrected chi connectivity index (χ3v) is 3.07. The maximum absolute atomic E-state index is 12.3. The van der Waals surface area contributed by atoms with Gasteiger partial charge in [-0.05, 0) is 32.9 Å². The molecular weight excluding hydrogens is 324 g/mol. The number of hydrogen-bond donors (Lipinski definition) is 2. The molecule has 2 aromatic heterocycles. The van der Waals surface area contributed by atoms with Gasteiger partial charge in [-0.3, -0.25) is 25.4 Å². The first-order valence-electron chi connectivity index (χ1n) is 7.84. The van der Waals surface area contributed by atoms with E-state index in [1.54, 1.807) is 19.1 Å². The smallest absolute Gasteiger partial charge is 0.270 e. The molecule has 0 saturated carbocycles. The average Bonchev–Trinajstić information content (AvgIpc) is 2.59. The van der Waals surface area contributed by atoms with Crippen LogP contribution in [0, 0.1) is 6.92 Å². The quantitative estimate of drug-likeness (QED) is 0.773. The fourth-order valence-corrected chi connectivity index (χ4v) is 2.00. The van der Waals surface area contributed by atoms with Gasteiger partial charge in [0.05, 0.1) is 18.8 Å². The van der Waals surface area contributed by atoms with Crippen molar-refractivity contribution < 1.29 is 19.1 Å². The minimum Gasteiger partial charge on any atom is -0.478 e. The SMILES string of the molecule is CCOc1cc(C(=O)NNC(=O)c2ccnc(C)c2)cc(OCC)n1. The van der Waals surface area contributed by atoms with Gasteiger partial charge in [-0.15, -0.1) is 0 Å². The number of nitrogens with zero attached hydrogens (tertiary/aromatic N) is 2. The summed E-state index contributed by atoms with van der Waals surface area (Å²) >= 11 is 0. The molecular formula is C17H20N4O4. The van der Waals surface area contributed by atoms with Crippen LogP contribution in [0.25, 0.3) is 0 Å². The van der Waals surface area contributed by atoms with E-state index in [9.17, 15) is 9.59 Å². The first-order chi connectivity index (χ1) is 12.0. The van der Waals surface area contributed by atoms with Crippen molar-refractivity contribution in [3.8, 4) is 11.8 Å². The number of rotatable bonds is 6. The summed E-state index contributed by atoms with van der Waals surface area (Å²) in [5, 5.41) is 0. The molecule has 2 heterocycles. The highest BCUT2D eigenvalue weighted by Gasteiger charge is 2.13. The summed E-state index contributed by atoms with van der Waals surface area (Å²) in [4.78, 5) is 32.5. The lowest BCUT2D eigenvalue weighted by molar-refractivity contribution is 0.0846. The van der Waals surface area contributed by atoms with Crippen molar-refractivity contribution in [1.82, 2.24) is 20.8 Å².